The van der Waals surface area contributed by atoms with Crippen molar-refractivity contribution in [3.63, 3.8) is 0 Å². The fourth-order valence-electron chi connectivity index (χ4n) is 2.22. The molecule has 1 fully saturated rings. The first-order valence-electron chi connectivity index (χ1n) is 6.94. The zero-order valence-corrected chi connectivity index (χ0v) is 11.3. The second kappa shape index (κ2) is 5.46. The highest BCUT2D eigenvalue weighted by atomic mass is 15.0. The third-order valence-corrected chi connectivity index (χ3v) is 3.43. The minimum absolute atomic E-state index is 0.578. The van der Waals surface area contributed by atoms with Crippen LogP contribution in [0.25, 0.3) is 11.3 Å². The van der Waals surface area contributed by atoms with Crippen LogP contribution in [0.15, 0.2) is 30.5 Å². The van der Waals surface area contributed by atoms with Crippen molar-refractivity contribution in [1.82, 2.24) is 9.97 Å². The predicted octanol–water partition coefficient (Wildman–Crippen LogP) is 1.97. The SMILES string of the molecule is NCCNc1ccc(-c2cc(C3CC3)cc(N)n2)cn1. The normalized spacial score (nSPS) is 14.2. The van der Waals surface area contributed by atoms with E-state index in [0.717, 1.165) is 17.1 Å². The quantitative estimate of drug-likeness (QED) is 0.772. The highest BCUT2D eigenvalue weighted by Gasteiger charge is 2.24. The smallest absolute Gasteiger partial charge is 0.125 e. The Morgan fingerprint density at radius 2 is 2.10 bits per heavy atom. The summed E-state index contributed by atoms with van der Waals surface area (Å²) in [7, 11) is 0. The molecule has 20 heavy (non-hydrogen) atoms. The Morgan fingerprint density at radius 3 is 2.75 bits per heavy atom. The number of aromatic nitrogens is 2. The van der Waals surface area contributed by atoms with Gasteiger partial charge in [-0.15, -0.1) is 0 Å². The van der Waals surface area contributed by atoms with Gasteiger partial charge in [-0.3, -0.25) is 0 Å². The Morgan fingerprint density at radius 1 is 1.25 bits per heavy atom. The summed E-state index contributed by atoms with van der Waals surface area (Å²) in [6.07, 6.45) is 4.32. The van der Waals surface area contributed by atoms with Crippen molar-refractivity contribution in [3.8, 4) is 11.3 Å². The van der Waals surface area contributed by atoms with E-state index in [4.69, 9.17) is 11.5 Å². The van der Waals surface area contributed by atoms with Crippen LogP contribution in [0.4, 0.5) is 11.6 Å². The van der Waals surface area contributed by atoms with Gasteiger partial charge in [0.2, 0.25) is 0 Å². The van der Waals surface area contributed by atoms with Crippen LogP contribution in [0, 0.1) is 0 Å². The minimum atomic E-state index is 0.578. The van der Waals surface area contributed by atoms with E-state index in [1.165, 1.54) is 18.4 Å². The average molecular weight is 269 g/mol. The van der Waals surface area contributed by atoms with Gasteiger partial charge in [-0.1, -0.05) is 0 Å². The summed E-state index contributed by atoms with van der Waals surface area (Å²) in [5, 5.41) is 3.14. The first kappa shape index (κ1) is 12.9. The van der Waals surface area contributed by atoms with E-state index in [2.05, 4.69) is 21.4 Å². The predicted molar refractivity (Wildman–Crippen MR) is 81.4 cm³/mol. The van der Waals surface area contributed by atoms with Crippen LogP contribution in [-0.2, 0) is 0 Å². The molecule has 0 aliphatic heterocycles. The summed E-state index contributed by atoms with van der Waals surface area (Å²) >= 11 is 0. The van der Waals surface area contributed by atoms with E-state index < -0.39 is 0 Å². The second-order valence-corrected chi connectivity index (χ2v) is 5.13. The Hall–Kier alpha value is -2.14. The standard InChI is InChI=1S/C15H19N5/c16-5-6-18-15-4-3-11(9-19-15)13-7-12(10-1-2-10)8-14(17)20-13/h3-4,7-10H,1-2,5-6,16H2,(H2,17,20)(H,18,19). The van der Waals surface area contributed by atoms with Gasteiger partial charge in [-0.25, -0.2) is 9.97 Å². The molecule has 0 radical (unpaired) electrons. The van der Waals surface area contributed by atoms with Gasteiger partial charge < -0.3 is 16.8 Å². The van der Waals surface area contributed by atoms with Gasteiger partial charge in [0, 0.05) is 24.8 Å². The Kier molecular flexibility index (Phi) is 3.52. The third-order valence-electron chi connectivity index (χ3n) is 3.43. The molecule has 1 aliphatic carbocycles. The van der Waals surface area contributed by atoms with Crippen molar-refractivity contribution < 1.29 is 0 Å². The molecule has 2 heterocycles. The number of pyridine rings is 2. The zero-order valence-electron chi connectivity index (χ0n) is 11.3. The van der Waals surface area contributed by atoms with Crippen molar-refractivity contribution in [2.45, 2.75) is 18.8 Å². The first-order chi connectivity index (χ1) is 9.76. The van der Waals surface area contributed by atoms with Crippen molar-refractivity contribution in [3.05, 3.63) is 36.0 Å². The van der Waals surface area contributed by atoms with E-state index in [1.807, 2.05) is 24.4 Å². The van der Waals surface area contributed by atoms with Gasteiger partial charge in [-0.05, 0) is 48.6 Å². The maximum Gasteiger partial charge on any atom is 0.125 e. The third kappa shape index (κ3) is 2.88. The van der Waals surface area contributed by atoms with Gasteiger partial charge >= 0.3 is 0 Å². The zero-order chi connectivity index (χ0) is 13.9. The number of nitrogens with zero attached hydrogens (tertiary/aromatic N) is 2. The molecular weight excluding hydrogens is 250 g/mol. The van der Waals surface area contributed by atoms with Gasteiger partial charge in [0.1, 0.15) is 11.6 Å². The largest absolute Gasteiger partial charge is 0.384 e. The molecule has 0 spiro atoms. The van der Waals surface area contributed by atoms with Crippen molar-refractivity contribution in [2.24, 2.45) is 5.73 Å². The second-order valence-electron chi connectivity index (χ2n) is 5.13. The van der Waals surface area contributed by atoms with Crippen molar-refractivity contribution >= 4 is 11.6 Å². The first-order valence-corrected chi connectivity index (χ1v) is 6.94. The number of nitrogens with one attached hydrogen (secondary N) is 1. The molecule has 0 atom stereocenters. The summed E-state index contributed by atoms with van der Waals surface area (Å²) in [6.45, 7) is 1.31. The van der Waals surface area contributed by atoms with Crippen LogP contribution in [0.3, 0.4) is 0 Å². The molecule has 1 saturated carbocycles. The van der Waals surface area contributed by atoms with Crippen LogP contribution >= 0.6 is 0 Å². The van der Waals surface area contributed by atoms with Crippen molar-refractivity contribution in [2.75, 3.05) is 24.1 Å². The highest BCUT2D eigenvalue weighted by Crippen LogP contribution is 2.41. The number of nitrogens with two attached hydrogens (primary N) is 2. The molecule has 0 aromatic carbocycles. The maximum absolute atomic E-state index is 5.90. The summed E-state index contributed by atoms with van der Waals surface area (Å²) in [6, 6.07) is 8.04. The summed E-state index contributed by atoms with van der Waals surface area (Å²) in [5.74, 6) is 2.07. The lowest BCUT2D eigenvalue weighted by atomic mass is 10.1. The summed E-state index contributed by atoms with van der Waals surface area (Å²) < 4.78 is 0. The summed E-state index contributed by atoms with van der Waals surface area (Å²) in [5.41, 5.74) is 14.5. The molecule has 0 unspecified atom stereocenters. The van der Waals surface area contributed by atoms with E-state index in [1.54, 1.807) is 0 Å². The van der Waals surface area contributed by atoms with Gasteiger partial charge in [0.15, 0.2) is 0 Å². The van der Waals surface area contributed by atoms with Crippen LogP contribution in [0.1, 0.15) is 24.3 Å². The summed E-state index contributed by atoms with van der Waals surface area (Å²) in [4.78, 5) is 8.77. The van der Waals surface area contributed by atoms with Crippen LogP contribution in [0.5, 0.6) is 0 Å². The molecule has 1 aliphatic rings. The molecule has 5 nitrogen and oxygen atoms in total. The van der Waals surface area contributed by atoms with Gasteiger partial charge in [-0.2, -0.15) is 0 Å². The Labute approximate surface area is 118 Å². The van der Waals surface area contributed by atoms with Crippen molar-refractivity contribution in [1.29, 1.82) is 0 Å². The molecule has 2 aromatic rings. The molecule has 5 heteroatoms. The lowest BCUT2D eigenvalue weighted by Crippen LogP contribution is -2.13. The highest BCUT2D eigenvalue weighted by molar-refractivity contribution is 5.63. The molecule has 2 aromatic heterocycles. The molecule has 0 bridgehead atoms. The van der Waals surface area contributed by atoms with Crippen LogP contribution < -0.4 is 16.8 Å². The number of hydrogen-bond donors (Lipinski definition) is 3. The molecule has 0 saturated heterocycles. The number of nitrogen functional groups attached to an aromatic ring is 1. The van der Waals surface area contributed by atoms with E-state index in [-0.39, 0.29) is 0 Å². The monoisotopic (exact) mass is 269 g/mol. The number of hydrogen-bond acceptors (Lipinski definition) is 5. The molecule has 104 valence electrons. The number of anilines is 2. The lowest BCUT2D eigenvalue weighted by Gasteiger charge is -2.07. The minimum Gasteiger partial charge on any atom is -0.384 e. The van der Waals surface area contributed by atoms with E-state index in [9.17, 15) is 0 Å². The fraction of sp³-hybridized carbons (Fsp3) is 0.333. The number of rotatable bonds is 5. The lowest BCUT2D eigenvalue weighted by molar-refractivity contribution is 1.01. The topological polar surface area (TPSA) is 89.8 Å². The Balaban J connectivity index is 1.84. The Bertz CT molecular complexity index is 590. The van der Waals surface area contributed by atoms with E-state index in [0.29, 0.717) is 24.8 Å². The van der Waals surface area contributed by atoms with Crippen LogP contribution in [-0.4, -0.2) is 23.1 Å². The van der Waals surface area contributed by atoms with Crippen LogP contribution in [0.2, 0.25) is 0 Å². The van der Waals surface area contributed by atoms with Gasteiger partial charge in [0.05, 0.1) is 5.69 Å². The van der Waals surface area contributed by atoms with E-state index >= 15 is 0 Å². The maximum atomic E-state index is 5.90. The molecule has 5 N–H and O–H groups in total. The molecule has 0 amide bonds. The van der Waals surface area contributed by atoms with Gasteiger partial charge in [0.25, 0.3) is 0 Å². The molecular formula is C15H19N5. The molecule has 3 rings (SSSR count). The average Bonchev–Trinajstić information content (AvgIpc) is 3.29. The fourth-order valence-corrected chi connectivity index (χ4v) is 2.22.